The van der Waals surface area contributed by atoms with E-state index in [0.29, 0.717) is 6.54 Å². The third-order valence-electron chi connectivity index (χ3n) is 5.02. The number of thioether (sulfide) groups is 1. The van der Waals surface area contributed by atoms with Crippen LogP contribution in [0.5, 0.6) is 0 Å². The minimum Gasteiger partial charge on any atom is -0.361 e. The first-order valence-corrected chi connectivity index (χ1v) is 10.5. The van der Waals surface area contributed by atoms with Crippen LogP contribution in [-0.4, -0.2) is 23.7 Å². The summed E-state index contributed by atoms with van der Waals surface area (Å²) in [7, 11) is 0. The fourth-order valence-electron chi connectivity index (χ4n) is 3.60. The molecule has 3 nitrogen and oxygen atoms in total. The van der Waals surface area contributed by atoms with Crippen LogP contribution in [0.2, 0.25) is 0 Å². The predicted octanol–water partition coefficient (Wildman–Crippen LogP) is 5.45. The first-order chi connectivity index (χ1) is 13.8. The number of hydrogen-bond acceptors (Lipinski definition) is 2. The first-order valence-electron chi connectivity index (χ1n) is 9.30. The van der Waals surface area contributed by atoms with Gasteiger partial charge in [-0.3, -0.25) is 4.79 Å². The number of amides is 1. The molecule has 1 amide bonds. The van der Waals surface area contributed by atoms with Gasteiger partial charge >= 0.3 is 0 Å². The van der Waals surface area contributed by atoms with Crippen LogP contribution in [0.1, 0.15) is 27.4 Å². The van der Waals surface area contributed by atoms with Crippen LogP contribution in [0.3, 0.4) is 0 Å². The van der Waals surface area contributed by atoms with Gasteiger partial charge in [-0.05, 0) is 35.6 Å². The van der Waals surface area contributed by atoms with Crippen molar-refractivity contribution in [2.45, 2.75) is 10.8 Å². The summed E-state index contributed by atoms with van der Waals surface area (Å²) in [5.41, 5.74) is 4.21. The Morgan fingerprint density at radius 1 is 0.964 bits per heavy atom. The van der Waals surface area contributed by atoms with Crippen LogP contribution in [0.25, 0.3) is 10.9 Å². The monoisotopic (exact) mass is 386 g/mol. The smallest absolute Gasteiger partial charge is 0.252 e. The summed E-state index contributed by atoms with van der Waals surface area (Å²) in [4.78, 5) is 17.2. The molecule has 1 heterocycles. The van der Waals surface area contributed by atoms with Gasteiger partial charge in [0.1, 0.15) is 0 Å². The van der Waals surface area contributed by atoms with Gasteiger partial charge in [-0.1, -0.05) is 60.7 Å². The van der Waals surface area contributed by atoms with E-state index in [-0.39, 0.29) is 11.8 Å². The summed E-state index contributed by atoms with van der Waals surface area (Å²) >= 11 is 1.59. The van der Waals surface area contributed by atoms with E-state index in [1.165, 1.54) is 16.5 Å². The van der Waals surface area contributed by atoms with Crippen LogP contribution >= 0.6 is 11.8 Å². The zero-order valence-electron chi connectivity index (χ0n) is 15.7. The maximum absolute atomic E-state index is 12.9. The highest BCUT2D eigenvalue weighted by Gasteiger charge is 2.20. The molecule has 28 heavy (non-hydrogen) atoms. The second-order valence-electron chi connectivity index (χ2n) is 6.66. The molecule has 0 saturated heterocycles. The van der Waals surface area contributed by atoms with Crippen molar-refractivity contribution in [2.75, 3.05) is 12.8 Å². The third-order valence-corrected chi connectivity index (χ3v) is 5.81. The number of nitrogens with one attached hydrogen (secondary N) is 2. The van der Waals surface area contributed by atoms with Crippen molar-refractivity contribution in [3.63, 3.8) is 0 Å². The number of carbonyl (C=O) groups excluding carboxylic acids is 1. The van der Waals surface area contributed by atoms with E-state index in [9.17, 15) is 4.79 Å². The second-order valence-corrected chi connectivity index (χ2v) is 7.51. The number of H-pyrrole nitrogens is 1. The molecule has 0 aliphatic carbocycles. The molecule has 140 valence electrons. The number of rotatable bonds is 6. The Morgan fingerprint density at radius 2 is 1.68 bits per heavy atom. The first kappa shape index (κ1) is 18.4. The van der Waals surface area contributed by atoms with Gasteiger partial charge in [0.2, 0.25) is 0 Å². The van der Waals surface area contributed by atoms with Gasteiger partial charge < -0.3 is 10.3 Å². The van der Waals surface area contributed by atoms with Gasteiger partial charge in [0.25, 0.3) is 5.91 Å². The maximum atomic E-state index is 12.9. The predicted molar refractivity (Wildman–Crippen MR) is 117 cm³/mol. The fraction of sp³-hybridized carbons (Fsp3) is 0.125. The Kier molecular flexibility index (Phi) is 5.49. The molecular formula is C24H22N2OS. The van der Waals surface area contributed by atoms with Crippen molar-refractivity contribution < 1.29 is 4.79 Å². The Balaban J connectivity index is 1.65. The normalized spacial score (nSPS) is 12.0. The number of fused-ring (bicyclic) bond motifs is 1. The van der Waals surface area contributed by atoms with Crippen molar-refractivity contribution in [2.24, 2.45) is 0 Å². The van der Waals surface area contributed by atoms with E-state index in [1.807, 2.05) is 54.8 Å². The average molecular weight is 387 g/mol. The Morgan fingerprint density at radius 3 is 2.50 bits per heavy atom. The molecule has 0 spiro atoms. The quantitative estimate of drug-likeness (QED) is 0.433. The summed E-state index contributed by atoms with van der Waals surface area (Å²) in [5.74, 6) is 0.0356. The van der Waals surface area contributed by atoms with Crippen LogP contribution in [-0.2, 0) is 0 Å². The molecule has 4 aromatic rings. The molecule has 3 aromatic carbocycles. The van der Waals surface area contributed by atoms with Crippen molar-refractivity contribution in [1.29, 1.82) is 0 Å². The molecule has 2 N–H and O–H groups in total. The number of benzene rings is 3. The molecule has 0 saturated carbocycles. The largest absolute Gasteiger partial charge is 0.361 e. The van der Waals surface area contributed by atoms with Crippen LogP contribution in [0, 0.1) is 0 Å². The highest BCUT2D eigenvalue weighted by atomic mass is 32.2. The SMILES string of the molecule is CSc1ccccc1C(=O)NC[C@@H](c1ccccc1)c1c[nH]c2ccccc12. The van der Waals surface area contributed by atoms with Crippen LogP contribution in [0.4, 0.5) is 0 Å². The molecule has 1 atom stereocenters. The van der Waals surface area contributed by atoms with Crippen LogP contribution < -0.4 is 5.32 Å². The van der Waals surface area contributed by atoms with Crippen molar-refractivity contribution in [3.05, 3.63) is 102 Å². The molecule has 0 unspecified atom stereocenters. The number of aromatic nitrogens is 1. The van der Waals surface area contributed by atoms with Crippen molar-refractivity contribution in [3.8, 4) is 0 Å². The molecule has 4 rings (SSSR count). The standard InChI is InChI=1S/C24H22N2OS/c1-28-23-14-8-6-12-19(23)24(27)26-15-20(17-9-3-2-4-10-17)21-16-25-22-13-7-5-11-18(21)22/h2-14,16,20,25H,15H2,1H3,(H,26,27)/t20-/m0/s1. The lowest BCUT2D eigenvalue weighted by molar-refractivity contribution is 0.0949. The van der Waals surface area contributed by atoms with Gasteiger partial charge in [0.05, 0.1) is 5.56 Å². The Labute approximate surface area is 169 Å². The third kappa shape index (κ3) is 3.69. The van der Waals surface area contributed by atoms with E-state index in [1.54, 1.807) is 11.8 Å². The number of aromatic amines is 1. The minimum absolute atomic E-state index is 0.0364. The lowest BCUT2D eigenvalue weighted by Gasteiger charge is -2.19. The van der Waals surface area contributed by atoms with Crippen molar-refractivity contribution in [1.82, 2.24) is 10.3 Å². The van der Waals surface area contributed by atoms with E-state index in [4.69, 9.17) is 0 Å². The highest BCUT2D eigenvalue weighted by Crippen LogP contribution is 2.30. The molecule has 0 aliphatic heterocycles. The Bertz CT molecular complexity index is 1090. The van der Waals surface area contributed by atoms with Gasteiger partial charge in [0.15, 0.2) is 0 Å². The van der Waals surface area contributed by atoms with Crippen molar-refractivity contribution >= 4 is 28.6 Å². The summed E-state index contributed by atoms with van der Waals surface area (Å²) in [6.45, 7) is 0.535. The topological polar surface area (TPSA) is 44.9 Å². The number of hydrogen-bond donors (Lipinski definition) is 2. The molecule has 0 fully saturated rings. The summed E-state index contributed by atoms with van der Waals surface area (Å²) in [6.07, 6.45) is 4.05. The van der Waals surface area contributed by atoms with Crippen LogP contribution in [0.15, 0.2) is 90.0 Å². The number of para-hydroxylation sites is 1. The van der Waals surface area contributed by atoms with E-state index in [2.05, 4.69) is 46.8 Å². The number of carbonyl (C=O) groups is 1. The van der Waals surface area contributed by atoms with E-state index >= 15 is 0 Å². The molecular weight excluding hydrogens is 364 g/mol. The van der Waals surface area contributed by atoms with E-state index in [0.717, 1.165) is 16.0 Å². The summed E-state index contributed by atoms with van der Waals surface area (Å²) < 4.78 is 0. The zero-order chi connectivity index (χ0) is 19.3. The molecule has 4 heteroatoms. The summed E-state index contributed by atoms with van der Waals surface area (Å²) in [5, 5.41) is 4.35. The molecule has 0 bridgehead atoms. The van der Waals surface area contributed by atoms with E-state index < -0.39 is 0 Å². The van der Waals surface area contributed by atoms with Gasteiger partial charge in [-0.15, -0.1) is 11.8 Å². The molecule has 1 aromatic heterocycles. The zero-order valence-corrected chi connectivity index (χ0v) is 16.5. The van der Waals surface area contributed by atoms with Gasteiger partial charge in [-0.2, -0.15) is 0 Å². The van der Waals surface area contributed by atoms with Gasteiger partial charge in [-0.25, -0.2) is 0 Å². The fourth-order valence-corrected chi connectivity index (χ4v) is 4.19. The average Bonchev–Trinajstić information content (AvgIpc) is 3.18. The lowest BCUT2D eigenvalue weighted by Crippen LogP contribution is -2.29. The summed E-state index contributed by atoms with van der Waals surface area (Å²) in [6, 6.07) is 26.4. The maximum Gasteiger partial charge on any atom is 0.252 e. The second kappa shape index (κ2) is 8.36. The molecule has 0 aliphatic rings. The molecule has 0 radical (unpaired) electrons. The minimum atomic E-state index is -0.0364. The Hall–Kier alpha value is -2.98. The lowest BCUT2D eigenvalue weighted by atomic mass is 9.91. The van der Waals surface area contributed by atoms with Gasteiger partial charge in [0, 0.05) is 34.5 Å². The highest BCUT2D eigenvalue weighted by molar-refractivity contribution is 7.98.